The van der Waals surface area contributed by atoms with E-state index in [2.05, 4.69) is 10.6 Å². The maximum atomic E-state index is 13.6. The summed E-state index contributed by atoms with van der Waals surface area (Å²) in [7, 11) is 1.53. The topological polar surface area (TPSA) is 59.6 Å². The predicted molar refractivity (Wildman–Crippen MR) is 117 cm³/mol. The molecule has 0 saturated carbocycles. The highest BCUT2D eigenvalue weighted by molar-refractivity contribution is 6.30. The van der Waals surface area contributed by atoms with E-state index in [1.165, 1.54) is 19.2 Å². The molecular formula is C23H22ClFN2O3. The monoisotopic (exact) mass is 428 g/mol. The van der Waals surface area contributed by atoms with Crippen LogP contribution < -0.4 is 20.1 Å². The Morgan fingerprint density at radius 3 is 2.60 bits per heavy atom. The molecule has 0 aromatic heterocycles. The summed E-state index contributed by atoms with van der Waals surface area (Å²) in [6.45, 7) is 2.29. The number of hydrogen-bond donors (Lipinski definition) is 2. The molecule has 30 heavy (non-hydrogen) atoms. The molecule has 0 atom stereocenters. The number of carbonyl (C=O) groups excluding carboxylic acids is 1. The minimum Gasteiger partial charge on any atom is -0.493 e. The fourth-order valence-electron chi connectivity index (χ4n) is 2.82. The summed E-state index contributed by atoms with van der Waals surface area (Å²) in [6.07, 6.45) is 0. The van der Waals surface area contributed by atoms with Crippen LogP contribution in [0.25, 0.3) is 0 Å². The number of nitrogens with one attached hydrogen (secondary N) is 2. The van der Waals surface area contributed by atoms with Gasteiger partial charge >= 0.3 is 0 Å². The van der Waals surface area contributed by atoms with Crippen LogP contribution in [-0.2, 0) is 11.3 Å². The Labute approximate surface area is 179 Å². The molecule has 0 saturated heterocycles. The molecular weight excluding hydrogens is 407 g/mol. The molecule has 0 aliphatic heterocycles. The lowest BCUT2D eigenvalue weighted by Gasteiger charge is -2.14. The van der Waals surface area contributed by atoms with E-state index in [9.17, 15) is 9.18 Å². The quantitative estimate of drug-likeness (QED) is 0.502. The number of amides is 1. The molecule has 0 spiro atoms. The number of anilines is 2. The average Bonchev–Trinajstić information content (AvgIpc) is 2.74. The van der Waals surface area contributed by atoms with E-state index in [0.29, 0.717) is 23.1 Å². The molecule has 0 unspecified atom stereocenters. The Morgan fingerprint density at radius 2 is 1.83 bits per heavy atom. The molecule has 0 fully saturated rings. The van der Waals surface area contributed by atoms with Crippen LogP contribution in [0.3, 0.4) is 0 Å². The predicted octanol–water partition coefficient (Wildman–Crippen LogP) is 5.43. The van der Waals surface area contributed by atoms with Gasteiger partial charge in [-0.05, 0) is 54.4 Å². The lowest BCUT2D eigenvalue weighted by molar-refractivity contribution is -0.118. The zero-order chi connectivity index (χ0) is 21.5. The molecule has 7 heteroatoms. The number of benzene rings is 3. The molecule has 3 aromatic rings. The van der Waals surface area contributed by atoms with E-state index in [-0.39, 0.29) is 12.3 Å². The minimum absolute atomic E-state index is 0.107. The number of para-hydroxylation sites is 1. The van der Waals surface area contributed by atoms with Gasteiger partial charge in [0.05, 0.1) is 12.8 Å². The molecule has 1 amide bonds. The summed E-state index contributed by atoms with van der Waals surface area (Å²) in [5.74, 6) is -0.0563. The second-order valence-corrected chi connectivity index (χ2v) is 7.05. The summed E-state index contributed by atoms with van der Waals surface area (Å²) in [4.78, 5) is 12.1. The third-order valence-electron chi connectivity index (χ3n) is 4.42. The number of methoxy groups -OCH3 is 1. The Bertz CT molecular complexity index is 1040. The van der Waals surface area contributed by atoms with Crippen molar-refractivity contribution in [1.29, 1.82) is 0 Å². The molecule has 5 nitrogen and oxygen atoms in total. The van der Waals surface area contributed by atoms with Crippen molar-refractivity contribution in [2.45, 2.75) is 13.5 Å². The number of aryl methyl sites for hydroxylation is 1. The normalized spacial score (nSPS) is 10.4. The van der Waals surface area contributed by atoms with Gasteiger partial charge in [-0.2, -0.15) is 0 Å². The molecule has 0 aliphatic carbocycles. The zero-order valence-corrected chi connectivity index (χ0v) is 17.4. The van der Waals surface area contributed by atoms with Gasteiger partial charge in [0.15, 0.2) is 18.1 Å². The van der Waals surface area contributed by atoms with Crippen LogP contribution in [0.15, 0.2) is 60.7 Å². The summed E-state index contributed by atoms with van der Waals surface area (Å²) in [5, 5.41) is 6.49. The lowest BCUT2D eigenvalue weighted by Crippen LogP contribution is -2.21. The Morgan fingerprint density at radius 1 is 1.03 bits per heavy atom. The third kappa shape index (κ3) is 5.64. The first-order valence-electron chi connectivity index (χ1n) is 9.30. The van der Waals surface area contributed by atoms with Crippen molar-refractivity contribution in [3.05, 3.63) is 82.6 Å². The third-order valence-corrected chi connectivity index (χ3v) is 4.65. The summed E-state index contributed by atoms with van der Waals surface area (Å²) < 4.78 is 24.6. The molecule has 3 rings (SSSR count). The summed E-state index contributed by atoms with van der Waals surface area (Å²) in [5.41, 5.74) is 3.11. The largest absolute Gasteiger partial charge is 0.493 e. The lowest BCUT2D eigenvalue weighted by atomic mass is 10.1. The van der Waals surface area contributed by atoms with E-state index in [1.807, 2.05) is 37.3 Å². The van der Waals surface area contributed by atoms with Crippen LogP contribution in [0.5, 0.6) is 11.5 Å². The van der Waals surface area contributed by atoms with Crippen LogP contribution >= 0.6 is 11.6 Å². The standard InChI is InChI=1S/C23H22ClFN2O3/c1-15-7-9-17(24)12-20(15)26-13-16-8-10-21(22(11-16)29-2)30-14-23(28)27-19-6-4-3-5-18(19)25/h3-12,26H,13-14H2,1-2H3,(H,27,28). The van der Waals surface area contributed by atoms with Crippen molar-refractivity contribution >= 4 is 28.9 Å². The highest BCUT2D eigenvalue weighted by atomic mass is 35.5. The number of hydrogen-bond acceptors (Lipinski definition) is 4. The van der Waals surface area contributed by atoms with Gasteiger partial charge in [-0.25, -0.2) is 4.39 Å². The molecule has 0 aliphatic rings. The first-order chi connectivity index (χ1) is 14.5. The van der Waals surface area contributed by atoms with Crippen LogP contribution in [0.4, 0.5) is 15.8 Å². The van der Waals surface area contributed by atoms with E-state index in [4.69, 9.17) is 21.1 Å². The number of carbonyl (C=O) groups is 1. The second-order valence-electron chi connectivity index (χ2n) is 6.61. The van der Waals surface area contributed by atoms with Gasteiger partial charge in [0, 0.05) is 17.3 Å². The van der Waals surface area contributed by atoms with Gasteiger partial charge in [0.25, 0.3) is 5.91 Å². The van der Waals surface area contributed by atoms with Crippen LogP contribution in [-0.4, -0.2) is 19.6 Å². The minimum atomic E-state index is -0.504. The van der Waals surface area contributed by atoms with E-state index >= 15 is 0 Å². The zero-order valence-electron chi connectivity index (χ0n) is 16.7. The highest BCUT2D eigenvalue weighted by Crippen LogP contribution is 2.29. The Hall–Kier alpha value is -3.25. The molecule has 156 valence electrons. The first kappa shape index (κ1) is 21.5. The van der Waals surface area contributed by atoms with Crippen LogP contribution in [0, 0.1) is 12.7 Å². The molecule has 0 radical (unpaired) electrons. The van der Waals surface area contributed by atoms with Gasteiger partial charge in [-0.1, -0.05) is 35.9 Å². The number of ether oxygens (including phenoxy) is 2. The summed E-state index contributed by atoms with van der Waals surface area (Å²) >= 11 is 6.06. The SMILES string of the molecule is COc1cc(CNc2cc(Cl)ccc2C)ccc1OCC(=O)Nc1ccccc1F. The number of rotatable bonds is 8. The van der Waals surface area contributed by atoms with Crippen molar-refractivity contribution in [2.24, 2.45) is 0 Å². The molecule has 0 heterocycles. The fourth-order valence-corrected chi connectivity index (χ4v) is 2.99. The Kier molecular flexibility index (Phi) is 7.14. The summed E-state index contributed by atoms with van der Waals surface area (Å²) in [6, 6.07) is 17.1. The maximum absolute atomic E-state index is 13.6. The molecule has 3 aromatic carbocycles. The van der Waals surface area contributed by atoms with E-state index in [1.54, 1.807) is 18.2 Å². The number of halogens is 2. The van der Waals surface area contributed by atoms with Crippen molar-refractivity contribution in [3.8, 4) is 11.5 Å². The van der Waals surface area contributed by atoms with E-state index < -0.39 is 11.7 Å². The first-order valence-corrected chi connectivity index (χ1v) is 9.68. The van der Waals surface area contributed by atoms with Crippen molar-refractivity contribution in [2.75, 3.05) is 24.4 Å². The van der Waals surface area contributed by atoms with Crippen molar-refractivity contribution in [1.82, 2.24) is 0 Å². The maximum Gasteiger partial charge on any atom is 0.262 e. The van der Waals surface area contributed by atoms with Gasteiger partial charge in [0.1, 0.15) is 5.82 Å². The van der Waals surface area contributed by atoms with Gasteiger partial charge in [-0.3, -0.25) is 4.79 Å². The average molecular weight is 429 g/mol. The van der Waals surface area contributed by atoms with E-state index in [0.717, 1.165) is 16.8 Å². The molecule has 0 bridgehead atoms. The second kappa shape index (κ2) is 9.98. The highest BCUT2D eigenvalue weighted by Gasteiger charge is 2.11. The van der Waals surface area contributed by atoms with Crippen LogP contribution in [0.2, 0.25) is 5.02 Å². The van der Waals surface area contributed by atoms with Gasteiger partial charge < -0.3 is 20.1 Å². The van der Waals surface area contributed by atoms with Crippen LogP contribution in [0.1, 0.15) is 11.1 Å². The van der Waals surface area contributed by atoms with Crippen molar-refractivity contribution in [3.63, 3.8) is 0 Å². The van der Waals surface area contributed by atoms with Gasteiger partial charge in [0.2, 0.25) is 0 Å². The van der Waals surface area contributed by atoms with Crippen molar-refractivity contribution < 1.29 is 18.7 Å². The fraction of sp³-hybridized carbons (Fsp3) is 0.174. The smallest absolute Gasteiger partial charge is 0.262 e. The molecule has 2 N–H and O–H groups in total. The Balaban J connectivity index is 1.60. The van der Waals surface area contributed by atoms with Gasteiger partial charge in [-0.15, -0.1) is 0 Å².